The Labute approximate surface area is 131 Å². The molecule has 0 aromatic rings. The lowest BCUT2D eigenvalue weighted by Gasteiger charge is -2.38. The summed E-state index contributed by atoms with van der Waals surface area (Å²) in [5.41, 5.74) is 6.50. The third-order valence-electron chi connectivity index (χ3n) is 4.82. The molecule has 0 bridgehead atoms. The molecule has 1 aliphatic rings. The van der Waals surface area contributed by atoms with Crippen LogP contribution >= 0.6 is 0 Å². The van der Waals surface area contributed by atoms with E-state index in [1.54, 1.807) is 0 Å². The molecule has 126 valence electrons. The Morgan fingerprint density at radius 1 is 0.905 bits per heavy atom. The summed E-state index contributed by atoms with van der Waals surface area (Å²) in [6, 6.07) is 0. The smallest absolute Gasteiger partial charge is 0.0593 e. The maximum Gasteiger partial charge on any atom is 0.0593 e. The van der Waals surface area contributed by atoms with E-state index < -0.39 is 0 Å². The average Bonchev–Trinajstić information content (AvgIpc) is 2.53. The molecule has 1 saturated carbocycles. The molecule has 1 aliphatic carbocycles. The molecule has 0 saturated heterocycles. The molecule has 1 fully saturated rings. The molecule has 0 amide bonds. The van der Waals surface area contributed by atoms with Gasteiger partial charge in [0.05, 0.1) is 13.2 Å². The maximum absolute atomic E-state index is 6.10. The van der Waals surface area contributed by atoms with E-state index in [9.17, 15) is 0 Å². The van der Waals surface area contributed by atoms with Crippen molar-refractivity contribution in [2.24, 2.45) is 11.1 Å². The lowest BCUT2D eigenvalue weighted by molar-refractivity contribution is 0.0704. The van der Waals surface area contributed by atoms with E-state index in [1.165, 1.54) is 38.5 Å². The van der Waals surface area contributed by atoms with Gasteiger partial charge in [0.15, 0.2) is 0 Å². The lowest BCUT2D eigenvalue weighted by atomic mass is 9.72. The topological polar surface area (TPSA) is 47.7 Å². The van der Waals surface area contributed by atoms with Gasteiger partial charge < -0.3 is 15.2 Å². The van der Waals surface area contributed by atoms with Crippen molar-refractivity contribution >= 4 is 0 Å². The molecular formula is C17H36N2O2. The zero-order chi connectivity index (χ0) is 15.4. The highest BCUT2D eigenvalue weighted by Gasteiger charge is 2.30. The summed E-state index contributed by atoms with van der Waals surface area (Å²) < 4.78 is 11.0. The second kappa shape index (κ2) is 11.4. The molecule has 4 heteroatoms. The minimum atomic E-state index is 0.397. The monoisotopic (exact) mass is 300 g/mol. The molecule has 21 heavy (non-hydrogen) atoms. The van der Waals surface area contributed by atoms with Gasteiger partial charge in [0.2, 0.25) is 0 Å². The average molecular weight is 300 g/mol. The van der Waals surface area contributed by atoms with Crippen LogP contribution in [0.25, 0.3) is 0 Å². The first-order valence-corrected chi connectivity index (χ1v) is 8.84. The largest absolute Gasteiger partial charge is 0.380 e. The zero-order valence-corrected chi connectivity index (χ0v) is 14.2. The zero-order valence-electron chi connectivity index (χ0n) is 14.2. The molecule has 0 aromatic heterocycles. The van der Waals surface area contributed by atoms with Crippen LogP contribution in [0.4, 0.5) is 0 Å². The van der Waals surface area contributed by atoms with Gasteiger partial charge in [0.1, 0.15) is 0 Å². The van der Waals surface area contributed by atoms with Crippen LogP contribution in [0, 0.1) is 5.41 Å². The Balaban J connectivity index is 2.37. The summed E-state index contributed by atoms with van der Waals surface area (Å²) in [7, 11) is 0. The fourth-order valence-corrected chi connectivity index (χ4v) is 3.26. The SMILES string of the molecule is CCOCCN(CCOCC)CCC1(CN)CCCCC1. The number of nitrogens with two attached hydrogens (primary N) is 1. The van der Waals surface area contributed by atoms with Gasteiger partial charge in [-0.05, 0) is 51.6 Å². The van der Waals surface area contributed by atoms with Crippen molar-refractivity contribution in [3.8, 4) is 0 Å². The first kappa shape index (κ1) is 18.9. The Bertz CT molecular complexity index is 233. The standard InChI is InChI=1S/C17H36N2O2/c1-3-20-14-12-19(13-15-21-4-2)11-10-17(16-18)8-6-5-7-9-17/h3-16,18H2,1-2H3. The minimum absolute atomic E-state index is 0.397. The number of ether oxygens (including phenoxy) is 2. The highest BCUT2D eigenvalue weighted by Crippen LogP contribution is 2.38. The van der Waals surface area contributed by atoms with E-state index in [0.29, 0.717) is 5.41 Å². The molecule has 0 spiro atoms. The van der Waals surface area contributed by atoms with Gasteiger partial charge >= 0.3 is 0 Å². The molecule has 0 aliphatic heterocycles. The molecule has 0 atom stereocenters. The highest BCUT2D eigenvalue weighted by atomic mass is 16.5. The van der Waals surface area contributed by atoms with Crippen LogP contribution < -0.4 is 5.73 Å². The summed E-state index contributed by atoms with van der Waals surface area (Å²) in [4.78, 5) is 2.48. The highest BCUT2D eigenvalue weighted by molar-refractivity contribution is 4.84. The Hall–Kier alpha value is -0.160. The fraction of sp³-hybridized carbons (Fsp3) is 1.00. The maximum atomic E-state index is 6.10. The van der Waals surface area contributed by atoms with Gasteiger partial charge in [-0.3, -0.25) is 4.90 Å². The van der Waals surface area contributed by atoms with Crippen LogP contribution in [0.3, 0.4) is 0 Å². The number of rotatable bonds is 12. The van der Waals surface area contributed by atoms with E-state index in [0.717, 1.165) is 52.6 Å². The van der Waals surface area contributed by atoms with Crippen molar-refractivity contribution in [1.82, 2.24) is 4.90 Å². The van der Waals surface area contributed by atoms with Crippen molar-refractivity contribution in [2.45, 2.75) is 52.4 Å². The Kier molecular flexibility index (Phi) is 10.3. The first-order valence-electron chi connectivity index (χ1n) is 8.84. The van der Waals surface area contributed by atoms with Crippen LogP contribution in [0.5, 0.6) is 0 Å². The van der Waals surface area contributed by atoms with Gasteiger partial charge in [-0.25, -0.2) is 0 Å². The minimum Gasteiger partial charge on any atom is -0.380 e. The van der Waals surface area contributed by atoms with Gasteiger partial charge in [-0.2, -0.15) is 0 Å². The summed E-state index contributed by atoms with van der Waals surface area (Å²) in [5.74, 6) is 0. The molecule has 4 nitrogen and oxygen atoms in total. The summed E-state index contributed by atoms with van der Waals surface area (Å²) in [6.45, 7) is 11.3. The van der Waals surface area contributed by atoms with Crippen molar-refractivity contribution in [3.63, 3.8) is 0 Å². The number of nitrogens with zero attached hydrogens (tertiary/aromatic N) is 1. The van der Waals surface area contributed by atoms with Crippen LogP contribution in [0.2, 0.25) is 0 Å². The van der Waals surface area contributed by atoms with E-state index in [-0.39, 0.29) is 0 Å². The molecule has 0 unspecified atom stereocenters. The summed E-state index contributed by atoms with van der Waals surface area (Å²) in [5, 5.41) is 0. The first-order chi connectivity index (χ1) is 10.3. The van der Waals surface area contributed by atoms with Crippen molar-refractivity contribution in [1.29, 1.82) is 0 Å². The number of hydrogen-bond acceptors (Lipinski definition) is 4. The Morgan fingerprint density at radius 3 is 1.95 bits per heavy atom. The van der Waals surface area contributed by atoms with Crippen molar-refractivity contribution in [3.05, 3.63) is 0 Å². The Morgan fingerprint density at radius 2 is 1.48 bits per heavy atom. The lowest BCUT2D eigenvalue weighted by Crippen LogP contribution is -2.39. The van der Waals surface area contributed by atoms with Gasteiger partial charge in [-0.15, -0.1) is 0 Å². The van der Waals surface area contributed by atoms with Gasteiger partial charge in [0, 0.05) is 26.3 Å². The van der Waals surface area contributed by atoms with E-state index in [1.807, 2.05) is 0 Å². The molecule has 0 heterocycles. The van der Waals surface area contributed by atoms with Crippen LogP contribution in [0.1, 0.15) is 52.4 Å². The predicted octanol–water partition coefficient (Wildman–Crippen LogP) is 2.66. The molecule has 2 N–H and O–H groups in total. The molecule has 0 aromatic carbocycles. The van der Waals surface area contributed by atoms with Crippen LogP contribution in [-0.4, -0.2) is 57.5 Å². The van der Waals surface area contributed by atoms with E-state index >= 15 is 0 Å². The quantitative estimate of drug-likeness (QED) is 0.563. The van der Waals surface area contributed by atoms with Gasteiger partial charge in [-0.1, -0.05) is 19.3 Å². The van der Waals surface area contributed by atoms with Crippen molar-refractivity contribution in [2.75, 3.05) is 52.6 Å². The van der Waals surface area contributed by atoms with Gasteiger partial charge in [0.25, 0.3) is 0 Å². The van der Waals surface area contributed by atoms with Crippen LogP contribution in [0.15, 0.2) is 0 Å². The third kappa shape index (κ3) is 7.59. The summed E-state index contributed by atoms with van der Waals surface area (Å²) >= 11 is 0. The molecule has 0 radical (unpaired) electrons. The predicted molar refractivity (Wildman–Crippen MR) is 88.6 cm³/mol. The number of hydrogen-bond donors (Lipinski definition) is 1. The van der Waals surface area contributed by atoms with E-state index in [4.69, 9.17) is 15.2 Å². The van der Waals surface area contributed by atoms with Crippen molar-refractivity contribution < 1.29 is 9.47 Å². The summed E-state index contributed by atoms with van der Waals surface area (Å²) in [6.07, 6.45) is 7.95. The normalized spacial score (nSPS) is 18.3. The fourth-order valence-electron chi connectivity index (χ4n) is 3.26. The molecule has 1 rings (SSSR count). The third-order valence-corrected chi connectivity index (χ3v) is 4.82. The second-order valence-corrected chi connectivity index (χ2v) is 6.25. The van der Waals surface area contributed by atoms with E-state index in [2.05, 4.69) is 18.7 Å². The molecular weight excluding hydrogens is 264 g/mol. The van der Waals surface area contributed by atoms with Crippen LogP contribution in [-0.2, 0) is 9.47 Å². The second-order valence-electron chi connectivity index (χ2n) is 6.25.